The molecule has 0 radical (unpaired) electrons. The molecule has 0 aliphatic rings. The number of rotatable bonds is 6. The maximum Gasteiger partial charge on any atom is 0.0480 e. The van der Waals surface area contributed by atoms with Crippen molar-refractivity contribution < 1.29 is 4.74 Å². The molecule has 0 heterocycles. The molecule has 3 heteroatoms. The van der Waals surface area contributed by atoms with E-state index in [0.717, 1.165) is 30.2 Å². The van der Waals surface area contributed by atoms with Gasteiger partial charge >= 0.3 is 0 Å². The van der Waals surface area contributed by atoms with Gasteiger partial charge in [-0.2, -0.15) is 0 Å². The highest BCUT2D eigenvalue weighted by Crippen LogP contribution is 2.24. The van der Waals surface area contributed by atoms with Gasteiger partial charge in [-0.05, 0) is 24.6 Å². The molecule has 1 atom stereocenters. The van der Waals surface area contributed by atoms with Gasteiger partial charge in [0, 0.05) is 24.8 Å². The molecule has 0 bridgehead atoms. The summed E-state index contributed by atoms with van der Waals surface area (Å²) in [7, 11) is 1.72. The summed E-state index contributed by atoms with van der Waals surface area (Å²) in [6, 6.07) is 8.23. The molecule has 0 spiro atoms. The third kappa shape index (κ3) is 3.82. The summed E-state index contributed by atoms with van der Waals surface area (Å²) in [5.41, 5.74) is 1.15. The molecule has 1 rings (SSSR count). The number of hydrogen-bond acceptors (Lipinski definition) is 2. The smallest absolute Gasteiger partial charge is 0.0480 e. The van der Waals surface area contributed by atoms with Gasteiger partial charge in [-0.3, -0.25) is 0 Å². The Hall–Kier alpha value is -0.570. The Bertz CT molecular complexity index is 291. The molecular formula is C12H18ClNO. The third-order valence-electron chi connectivity index (χ3n) is 2.34. The van der Waals surface area contributed by atoms with Crippen LogP contribution in [-0.4, -0.2) is 20.3 Å². The number of nitrogens with one attached hydrogen (secondary N) is 1. The average Bonchev–Trinajstić information content (AvgIpc) is 2.25. The van der Waals surface area contributed by atoms with Gasteiger partial charge in [0.25, 0.3) is 0 Å². The number of ether oxygens (including phenoxy) is 1. The lowest BCUT2D eigenvalue weighted by molar-refractivity contribution is 0.183. The lowest BCUT2D eigenvalue weighted by atomic mass is 10.0. The summed E-state index contributed by atoms with van der Waals surface area (Å²) < 4.78 is 5.10. The SMILES string of the molecule is CCNC(CCOC)c1ccccc1Cl. The van der Waals surface area contributed by atoms with Crippen LogP contribution in [0.25, 0.3) is 0 Å². The first-order chi connectivity index (χ1) is 7.29. The average molecular weight is 228 g/mol. The van der Waals surface area contributed by atoms with Gasteiger partial charge in [-0.25, -0.2) is 0 Å². The predicted molar refractivity (Wildman–Crippen MR) is 64.4 cm³/mol. The van der Waals surface area contributed by atoms with Crippen LogP contribution in [0.5, 0.6) is 0 Å². The van der Waals surface area contributed by atoms with Crippen LogP contribution in [0, 0.1) is 0 Å². The summed E-state index contributed by atoms with van der Waals surface area (Å²) in [5.74, 6) is 0. The topological polar surface area (TPSA) is 21.3 Å². The second kappa shape index (κ2) is 6.83. The molecular weight excluding hydrogens is 210 g/mol. The van der Waals surface area contributed by atoms with Gasteiger partial charge < -0.3 is 10.1 Å². The Balaban J connectivity index is 2.74. The normalized spacial score (nSPS) is 12.7. The molecule has 0 saturated carbocycles. The van der Waals surface area contributed by atoms with Crippen LogP contribution in [0.2, 0.25) is 5.02 Å². The molecule has 1 aromatic rings. The Morgan fingerprint density at radius 2 is 2.13 bits per heavy atom. The van der Waals surface area contributed by atoms with Crippen molar-refractivity contribution in [2.24, 2.45) is 0 Å². The Labute approximate surface area is 96.6 Å². The van der Waals surface area contributed by atoms with E-state index in [1.165, 1.54) is 0 Å². The van der Waals surface area contributed by atoms with E-state index in [4.69, 9.17) is 16.3 Å². The molecule has 1 aromatic carbocycles. The largest absolute Gasteiger partial charge is 0.385 e. The summed E-state index contributed by atoms with van der Waals surface area (Å²) in [6.45, 7) is 3.76. The molecule has 0 aromatic heterocycles. The van der Waals surface area contributed by atoms with Gasteiger partial charge in [0.05, 0.1) is 0 Å². The van der Waals surface area contributed by atoms with Crippen molar-refractivity contribution in [2.45, 2.75) is 19.4 Å². The first kappa shape index (κ1) is 12.5. The van der Waals surface area contributed by atoms with Crippen molar-refractivity contribution in [3.8, 4) is 0 Å². The van der Waals surface area contributed by atoms with E-state index < -0.39 is 0 Å². The highest BCUT2D eigenvalue weighted by molar-refractivity contribution is 6.31. The standard InChI is InChI=1S/C12H18ClNO/c1-3-14-12(8-9-15-2)10-6-4-5-7-11(10)13/h4-7,12,14H,3,8-9H2,1-2H3. The molecule has 1 unspecified atom stereocenters. The minimum absolute atomic E-state index is 0.281. The molecule has 0 saturated heterocycles. The van der Waals surface area contributed by atoms with Crippen molar-refractivity contribution in [1.82, 2.24) is 5.32 Å². The van der Waals surface area contributed by atoms with E-state index in [1.54, 1.807) is 7.11 Å². The highest BCUT2D eigenvalue weighted by Gasteiger charge is 2.12. The van der Waals surface area contributed by atoms with Crippen LogP contribution in [-0.2, 0) is 4.74 Å². The summed E-state index contributed by atoms with van der Waals surface area (Å²) in [5, 5.41) is 4.23. The monoisotopic (exact) mass is 227 g/mol. The van der Waals surface area contributed by atoms with E-state index >= 15 is 0 Å². The molecule has 84 valence electrons. The van der Waals surface area contributed by atoms with Crippen LogP contribution >= 0.6 is 11.6 Å². The lowest BCUT2D eigenvalue weighted by Gasteiger charge is -2.19. The van der Waals surface area contributed by atoms with Crippen LogP contribution in [0.3, 0.4) is 0 Å². The fraction of sp³-hybridized carbons (Fsp3) is 0.500. The number of methoxy groups -OCH3 is 1. The van der Waals surface area contributed by atoms with E-state index in [1.807, 2.05) is 18.2 Å². The Kier molecular flexibility index (Phi) is 5.69. The number of benzene rings is 1. The molecule has 0 amide bonds. The quantitative estimate of drug-likeness (QED) is 0.807. The maximum absolute atomic E-state index is 6.15. The first-order valence-corrected chi connectivity index (χ1v) is 5.64. The zero-order valence-corrected chi connectivity index (χ0v) is 10.1. The van der Waals surface area contributed by atoms with Crippen molar-refractivity contribution in [1.29, 1.82) is 0 Å². The lowest BCUT2D eigenvalue weighted by Crippen LogP contribution is -2.22. The zero-order chi connectivity index (χ0) is 11.1. The highest BCUT2D eigenvalue weighted by atomic mass is 35.5. The third-order valence-corrected chi connectivity index (χ3v) is 2.69. The Morgan fingerprint density at radius 3 is 2.73 bits per heavy atom. The van der Waals surface area contributed by atoms with Crippen molar-refractivity contribution in [2.75, 3.05) is 20.3 Å². The molecule has 0 aliphatic carbocycles. The summed E-state index contributed by atoms with van der Waals surface area (Å²) in [4.78, 5) is 0. The van der Waals surface area contributed by atoms with Gasteiger partial charge in [-0.1, -0.05) is 36.7 Å². The van der Waals surface area contributed by atoms with Crippen molar-refractivity contribution >= 4 is 11.6 Å². The summed E-state index contributed by atoms with van der Waals surface area (Å²) in [6.07, 6.45) is 0.939. The zero-order valence-electron chi connectivity index (χ0n) is 9.29. The predicted octanol–water partition coefficient (Wildman–Crippen LogP) is 3.03. The van der Waals surface area contributed by atoms with E-state index in [-0.39, 0.29) is 6.04 Å². The molecule has 15 heavy (non-hydrogen) atoms. The second-order valence-corrected chi connectivity index (χ2v) is 3.82. The summed E-state index contributed by atoms with van der Waals surface area (Å²) >= 11 is 6.15. The van der Waals surface area contributed by atoms with Crippen LogP contribution in [0.15, 0.2) is 24.3 Å². The minimum atomic E-state index is 0.281. The molecule has 1 N–H and O–H groups in total. The van der Waals surface area contributed by atoms with Crippen LogP contribution < -0.4 is 5.32 Å². The fourth-order valence-corrected chi connectivity index (χ4v) is 1.87. The van der Waals surface area contributed by atoms with Crippen LogP contribution in [0.4, 0.5) is 0 Å². The van der Waals surface area contributed by atoms with Crippen molar-refractivity contribution in [3.05, 3.63) is 34.9 Å². The van der Waals surface area contributed by atoms with Crippen molar-refractivity contribution in [3.63, 3.8) is 0 Å². The minimum Gasteiger partial charge on any atom is -0.385 e. The number of hydrogen-bond donors (Lipinski definition) is 1. The van der Waals surface area contributed by atoms with E-state index in [2.05, 4.69) is 18.3 Å². The molecule has 0 aliphatic heterocycles. The molecule has 0 fully saturated rings. The van der Waals surface area contributed by atoms with Gasteiger partial charge in [0.2, 0.25) is 0 Å². The van der Waals surface area contributed by atoms with E-state index in [0.29, 0.717) is 0 Å². The van der Waals surface area contributed by atoms with Gasteiger partial charge in [-0.15, -0.1) is 0 Å². The first-order valence-electron chi connectivity index (χ1n) is 5.26. The van der Waals surface area contributed by atoms with E-state index in [9.17, 15) is 0 Å². The van der Waals surface area contributed by atoms with Gasteiger partial charge in [0.1, 0.15) is 0 Å². The molecule has 2 nitrogen and oxygen atoms in total. The second-order valence-electron chi connectivity index (χ2n) is 3.41. The maximum atomic E-state index is 6.15. The Morgan fingerprint density at radius 1 is 1.40 bits per heavy atom. The number of halogens is 1. The van der Waals surface area contributed by atoms with Crippen LogP contribution in [0.1, 0.15) is 24.9 Å². The fourth-order valence-electron chi connectivity index (χ4n) is 1.61. The van der Waals surface area contributed by atoms with Gasteiger partial charge in [0.15, 0.2) is 0 Å².